The molecule has 0 atom stereocenters. The van der Waals surface area contributed by atoms with Gasteiger partial charge in [-0.2, -0.15) is 0 Å². The van der Waals surface area contributed by atoms with Crippen LogP contribution in [0, 0.1) is 5.41 Å². The molecule has 1 amide bonds. The Morgan fingerprint density at radius 1 is 1.45 bits per heavy atom. The normalized spacial score (nSPS) is 17.4. The van der Waals surface area contributed by atoms with Crippen molar-refractivity contribution in [3.05, 3.63) is 30.1 Å². The van der Waals surface area contributed by atoms with E-state index in [0.29, 0.717) is 13.1 Å². The number of nitrogens with zero attached hydrogens (tertiary/aromatic N) is 2. The topological polar surface area (TPSA) is 59.2 Å². The van der Waals surface area contributed by atoms with E-state index in [9.17, 15) is 4.79 Å². The van der Waals surface area contributed by atoms with Gasteiger partial charge < -0.3 is 10.6 Å². The molecule has 0 aliphatic heterocycles. The molecule has 1 aromatic heterocycles. The summed E-state index contributed by atoms with van der Waals surface area (Å²) in [5.74, 6) is 0.219. The van der Waals surface area contributed by atoms with Gasteiger partial charge >= 0.3 is 0 Å². The molecule has 4 nitrogen and oxygen atoms in total. The summed E-state index contributed by atoms with van der Waals surface area (Å²) in [6.45, 7) is 5.20. The van der Waals surface area contributed by atoms with E-state index < -0.39 is 0 Å². The van der Waals surface area contributed by atoms with Crippen LogP contribution in [0.4, 0.5) is 0 Å². The van der Waals surface area contributed by atoms with Gasteiger partial charge in [0.25, 0.3) is 0 Å². The van der Waals surface area contributed by atoms with E-state index in [2.05, 4.69) is 18.8 Å². The second-order valence-electron chi connectivity index (χ2n) is 6.08. The van der Waals surface area contributed by atoms with E-state index in [0.717, 1.165) is 31.2 Å². The molecular weight excluding hydrogens is 250 g/mol. The van der Waals surface area contributed by atoms with Crippen LogP contribution in [0.15, 0.2) is 24.5 Å². The molecule has 1 fully saturated rings. The molecule has 20 heavy (non-hydrogen) atoms. The van der Waals surface area contributed by atoms with Crippen molar-refractivity contribution in [2.75, 3.05) is 6.54 Å². The molecule has 0 unspecified atom stereocenters. The van der Waals surface area contributed by atoms with E-state index in [1.807, 2.05) is 23.2 Å². The van der Waals surface area contributed by atoms with Crippen molar-refractivity contribution in [1.29, 1.82) is 0 Å². The van der Waals surface area contributed by atoms with Gasteiger partial charge in [-0.3, -0.25) is 9.78 Å². The third-order valence-electron chi connectivity index (χ3n) is 4.36. The van der Waals surface area contributed by atoms with Gasteiger partial charge in [-0.05, 0) is 38.3 Å². The first-order chi connectivity index (χ1) is 9.59. The molecule has 1 aliphatic carbocycles. The van der Waals surface area contributed by atoms with Crippen LogP contribution in [0.5, 0.6) is 0 Å². The van der Waals surface area contributed by atoms with E-state index in [1.54, 1.807) is 6.20 Å². The molecule has 0 spiro atoms. The second kappa shape index (κ2) is 6.35. The minimum absolute atomic E-state index is 0.173. The van der Waals surface area contributed by atoms with Crippen LogP contribution in [-0.4, -0.2) is 28.4 Å². The molecule has 0 bridgehead atoms. The summed E-state index contributed by atoms with van der Waals surface area (Å²) in [7, 11) is 0. The Kier molecular flexibility index (Phi) is 4.76. The fraction of sp³-hybridized carbons (Fsp3) is 0.625. The summed E-state index contributed by atoms with van der Waals surface area (Å²) in [4.78, 5) is 19.1. The summed E-state index contributed by atoms with van der Waals surface area (Å²) in [5.41, 5.74) is 6.68. The molecule has 0 saturated heterocycles. The van der Waals surface area contributed by atoms with Crippen LogP contribution >= 0.6 is 0 Å². The lowest BCUT2D eigenvalue weighted by Crippen LogP contribution is -2.48. The third kappa shape index (κ3) is 3.01. The standard InChI is InChI=1S/C16H25N3O/c1-13(2)19(11-14-6-5-9-18-10-14)15(20)16(12-17)7-3-4-8-16/h5-6,9-10,13H,3-4,7-8,11-12,17H2,1-2H3. The maximum absolute atomic E-state index is 13.0. The molecule has 2 N–H and O–H groups in total. The predicted molar refractivity (Wildman–Crippen MR) is 79.9 cm³/mol. The molecule has 1 aliphatic rings. The van der Waals surface area contributed by atoms with Gasteiger partial charge in [-0.25, -0.2) is 0 Å². The van der Waals surface area contributed by atoms with Crippen LogP contribution in [0.25, 0.3) is 0 Å². The molecule has 1 saturated carbocycles. The minimum atomic E-state index is -0.327. The highest BCUT2D eigenvalue weighted by molar-refractivity contribution is 5.83. The van der Waals surface area contributed by atoms with Gasteiger partial charge in [0.15, 0.2) is 0 Å². The highest BCUT2D eigenvalue weighted by atomic mass is 16.2. The fourth-order valence-corrected chi connectivity index (χ4v) is 3.04. The highest BCUT2D eigenvalue weighted by Gasteiger charge is 2.42. The van der Waals surface area contributed by atoms with Gasteiger partial charge in [0.2, 0.25) is 5.91 Å². The number of pyridine rings is 1. The van der Waals surface area contributed by atoms with Crippen LogP contribution in [0.2, 0.25) is 0 Å². The highest BCUT2D eigenvalue weighted by Crippen LogP contribution is 2.39. The van der Waals surface area contributed by atoms with Gasteiger partial charge in [-0.1, -0.05) is 18.9 Å². The van der Waals surface area contributed by atoms with Crippen molar-refractivity contribution >= 4 is 5.91 Å². The zero-order chi connectivity index (χ0) is 14.6. The molecule has 1 aromatic rings. The van der Waals surface area contributed by atoms with Crippen LogP contribution in [-0.2, 0) is 11.3 Å². The monoisotopic (exact) mass is 275 g/mol. The van der Waals surface area contributed by atoms with Crippen molar-refractivity contribution < 1.29 is 4.79 Å². The first-order valence-corrected chi connectivity index (χ1v) is 7.49. The summed E-state index contributed by atoms with van der Waals surface area (Å²) in [6, 6.07) is 4.10. The number of carbonyl (C=O) groups is 1. The van der Waals surface area contributed by atoms with Crippen molar-refractivity contribution in [3.63, 3.8) is 0 Å². The lowest BCUT2D eigenvalue weighted by atomic mass is 9.84. The van der Waals surface area contributed by atoms with Gasteiger partial charge in [0.05, 0.1) is 5.41 Å². The molecular formula is C16H25N3O. The first kappa shape index (κ1) is 15.0. The lowest BCUT2D eigenvalue weighted by Gasteiger charge is -2.36. The Morgan fingerprint density at radius 3 is 2.65 bits per heavy atom. The maximum Gasteiger partial charge on any atom is 0.230 e. The van der Waals surface area contributed by atoms with Gasteiger partial charge in [0, 0.05) is 31.5 Å². The number of carbonyl (C=O) groups excluding carboxylic acids is 1. The zero-order valence-corrected chi connectivity index (χ0v) is 12.5. The molecule has 0 aromatic carbocycles. The van der Waals surface area contributed by atoms with E-state index in [1.165, 1.54) is 0 Å². The Labute approximate surface area is 121 Å². The molecule has 0 radical (unpaired) electrons. The number of aromatic nitrogens is 1. The fourth-order valence-electron chi connectivity index (χ4n) is 3.04. The molecule has 2 rings (SSSR count). The molecule has 1 heterocycles. The van der Waals surface area contributed by atoms with E-state index >= 15 is 0 Å². The van der Waals surface area contributed by atoms with Crippen molar-refractivity contribution in [2.45, 2.75) is 52.1 Å². The number of nitrogens with two attached hydrogens (primary N) is 1. The summed E-state index contributed by atoms with van der Waals surface area (Å²) < 4.78 is 0. The van der Waals surface area contributed by atoms with Gasteiger partial charge in [-0.15, -0.1) is 0 Å². The first-order valence-electron chi connectivity index (χ1n) is 7.49. The van der Waals surface area contributed by atoms with Crippen molar-refractivity contribution in [3.8, 4) is 0 Å². The molecule has 4 heteroatoms. The summed E-state index contributed by atoms with van der Waals surface area (Å²) in [6.07, 6.45) is 7.66. The van der Waals surface area contributed by atoms with E-state index in [4.69, 9.17) is 5.73 Å². The second-order valence-corrected chi connectivity index (χ2v) is 6.08. The predicted octanol–water partition coefficient (Wildman–Crippen LogP) is 2.34. The Balaban J connectivity index is 2.18. The number of hydrogen-bond acceptors (Lipinski definition) is 3. The van der Waals surface area contributed by atoms with Gasteiger partial charge in [0.1, 0.15) is 0 Å². The lowest BCUT2D eigenvalue weighted by molar-refractivity contribution is -0.144. The Bertz CT molecular complexity index is 438. The number of amides is 1. The molecule has 110 valence electrons. The maximum atomic E-state index is 13.0. The Hall–Kier alpha value is -1.42. The average molecular weight is 275 g/mol. The van der Waals surface area contributed by atoms with E-state index in [-0.39, 0.29) is 17.4 Å². The summed E-state index contributed by atoms with van der Waals surface area (Å²) >= 11 is 0. The van der Waals surface area contributed by atoms with Crippen molar-refractivity contribution in [1.82, 2.24) is 9.88 Å². The largest absolute Gasteiger partial charge is 0.335 e. The minimum Gasteiger partial charge on any atom is -0.335 e. The average Bonchev–Trinajstić information content (AvgIpc) is 2.95. The van der Waals surface area contributed by atoms with Crippen molar-refractivity contribution in [2.24, 2.45) is 11.1 Å². The van der Waals surface area contributed by atoms with Crippen LogP contribution in [0.3, 0.4) is 0 Å². The third-order valence-corrected chi connectivity index (χ3v) is 4.36. The SMILES string of the molecule is CC(C)N(Cc1cccnc1)C(=O)C1(CN)CCCC1. The number of hydrogen-bond donors (Lipinski definition) is 1. The van der Waals surface area contributed by atoms with Crippen LogP contribution in [0.1, 0.15) is 45.1 Å². The smallest absolute Gasteiger partial charge is 0.230 e. The summed E-state index contributed by atoms with van der Waals surface area (Å²) in [5, 5.41) is 0. The quantitative estimate of drug-likeness (QED) is 0.897. The zero-order valence-electron chi connectivity index (χ0n) is 12.5. The van der Waals surface area contributed by atoms with Crippen LogP contribution < -0.4 is 5.73 Å². The Morgan fingerprint density at radius 2 is 2.15 bits per heavy atom. The number of rotatable bonds is 5.